The van der Waals surface area contributed by atoms with Gasteiger partial charge in [0.05, 0.1) is 0 Å². The zero-order valence-electron chi connectivity index (χ0n) is 15.7. The molecule has 1 aliphatic heterocycles. The maximum atomic E-state index is 14.0. The number of hydrogen-bond donors (Lipinski definition) is 2. The number of carbonyl (C=O) groups excluding carboxylic acids is 1. The van der Waals surface area contributed by atoms with Crippen LogP contribution in [0.5, 0.6) is 0 Å². The minimum Gasteiger partial charge on any atom is -0.387 e. The third-order valence-corrected chi connectivity index (χ3v) is 6.06. The van der Waals surface area contributed by atoms with E-state index in [0.717, 1.165) is 46.0 Å². The molecule has 1 heterocycles. The molecule has 2 aliphatic rings. The molecule has 0 atom stereocenters. The summed E-state index contributed by atoms with van der Waals surface area (Å²) in [6, 6.07) is 5.67. The van der Waals surface area contributed by atoms with Gasteiger partial charge < -0.3 is 10.6 Å². The molecular weight excluding hydrogens is 454 g/mol. The van der Waals surface area contributed by atoms with E-state index in [1.165, 1.54) is 25.7 Å². The summed E-state index contributed by atoms with van der Waals surface area (Å²) in [5, 5.41) is 6.45. The van der Waals surface area contributed by atoms with Gasteiger partial charge in [0.1, 0.15) is 5.82 Å². The van der Waals surface area contributed by atoms with E-state index in [2.05, 4.69) is 33.2 Å². The lowest BCUT2D eigenvalue weighted by molar-refractivity contribution is -0.118. The van der Waals surface area contributed by atoms with Gasteiger partial charge >= 0.3 is 0 Å². The molecule has 1 aromatic rings. The van der Waals surface area contributed by atoms with Gasteiger partial charge in [-0.15, -0.1) is 0 Å². The molecule has 0 aromatic heterocycles. The summed E-state index contributed by atoms with van der Waals surface area (Å²) >= 11 is 2.12. The van der Waals surface area contributed by atoms with E-state index >= 15 is 0 Å². The van der Waals surface area contributed by atoms with Crippen molar-refractivity contribution in [2.75, 3.05) is 6.54 Å². The third kappa shape index (κ3) is 6.06. The number of dihydropyridines is 1. The molecule has 27 heavy (non-hydrogen) atoms. The van der Waals surface area contributed by atoms with Crippen molar-refractivity contribution in [3.63, 3.8) is 0 Å². The molecule has 5 heteroatoms. The Morgan fingerprint density at radius 2 is 1.96 bits per heavy atom. The van der Waals surface area contributed by atoms with Crippen LogP contribution < -0.4 is 10.6 Å². The molecule has 1 amide bonds. The van der Waals surface area contributed by atoms with Gasteiger partial charge in [-0.25, -0.2) is 4.39 Å². The lowest BCUT2D eigenvalue weighted by Gasteiger charge is -2.21. The topological polar surface area (TPSA) is 41.1 Å². The number of carbonyl (C=O) groups is 1. The molecule has 146 valence electrons. The lowest BCUT2D eigenvalue weighted by atomic mass is 9.96. The van der Waals surface area contributed by atoms with Crippen LogP contribution in [0.15, 0.2) is 41.6 Å². The number of hydrogen-bond acceptors (Lipinski definition) is 2. The molecule has 0 bridgehead atoms. The average Bonchev–Trinajstić information content (AvgIpc) is 2.92. The quantitative estimate of drug-likeness (QED) is 0.443. The fourth-order valence-corrected chi connectivity index (χ4v) is 4.33. The van der Waals surface area contributed by atoms with E-state index in [0.29, 0.717) is 19.0 Å². The summed E-state index contributed by atoms with van der Waals surface area (Å²) in [6.45, 7) is 0.683. The number of benzene rings is 1. The molecule has 1 aromatic carbocycles. The van der Waals surface area contributed by atoms with Gasteiger partial charge in [-0.3, -0.25) is 4.79 Å². The monoisotopic (exact) mass is 482 g/mol. The molecule has 0 saturated heterocycles. The van der Waals surface area contributed by atoms with E-state index in [-0.39, 0.29) is 11.7 Å². The SMILES string of the molecule is O=C(NC1CCCCCC1)C1=CCNC=C1CCCc1ccc(I)cc1F. The number of halogens is 2. The maximum absolute atomic E-state index is 14.0. The second-order valence-electron chi connectivity index (χ2n) is 7.45. The van der Waals surface area contributed by atoms with E-state index in [4.69, 9.17) is 0 Å². The zero-order valence-corrected chi connectivity index (χ0v) is 17.9. The first-order valence-electron chi connectivity index (χ1n) is 10.0. The second-order valence-corrected chi connectivity index (χ2v) is 8.69. The summed E-state index contributed by atoms with van der Waals surface area (Å²) in [6.07, 6.45) is 13.3. The van der Waals surface area contributed by atoms with Gasteiger partial charge in [-0.1, -0.05) is 37.8 Å². The maximum Gasteiger partial charge on any atom is 0.251 e. The fraction of sp³-hybridized carbons (Fsp3) is 0.500. The van der Waals surface area contributed by atoms with Gasteiger partial charge in [0.15, 0.2) is 0 Å². The second kappa shape index (κ2) is 10.2. The minimum atomic E-state index is -0.139. The number of amides is 1. The predicted molar refractivity (Wildman–Crippen MR) is 116 cm³/mol. The van der Waals surface area contributed by atoms with E-state index < -0.39 is 0 Å². The van der Waals surface area contributed by atoms with Crippen molar-refractivity contribution < 1.29 is 9.18 Å². The van der Waals surface area contributed by atoms with Crippen molar-refractivity contribution in [3.05, 3.63) is 56.6 Å². The largest absolute Gasteiger partial charge is 0.387 e. The molecule has 0 unspecified atom stereocenters. The summed E-state index contributed by atoms with van der Waals surface area (Å²) in [4.78, 5) is 12.8. The molecule has 2 N–H and O–H groups in total. The Bertz CT molecular complexity index is 721. The van der Waals surface area contributed by atoms with Crippen molar-refractivity contribution in [2.45, 2.75) is 63.8 Å². The highest BCUT2D eigenvalue weighted by atomic mass is 127. The minimum absolute atomic E-state index is 0.0510. The Morgan fingerprint density at radius 3 is 2.70 bits per heavy atom. The van der Waals surface area contributed by atoms with Crippen LogP contribution in [0.2, 0.25) is 0 Å². The van der Waals surface area contributed by atoms with Crippen molar-refractivity contribution in [1.29, 1.82) is 0 Å². The molecule has 0 spiro atoms. The summed E-state index contributed by atoms with van der Waals surface area (Å²) < 4.78 is 14.9. The van der Waals surface area contributed by atoms with Crippen LogP contribution in [0, 0.1) is 9.39 Å². The van der Waals surface area contributed by atoms with E-state index in [9.17, 15) is 9.18 Å². The van der Waals surface area contributed by atoms with Crippen LogP contribution in [0.25, 0.3) is 0 Å². The lowest BCUT2D eigenvalue weighted by Crippen LogP contribution is -2.36. The average molecular weight is 482 g/mol. The van der Waals surface area contributed by atoms with E-state index in [1.807, 2.05) is 24.4 Å². The van der Waals surface area contributed by atoms with Gasteiger partial charge in [-0.05, 0) is 78.0 Å². The number of rotatable bonds is 6. The Hall–Kier alpha value is -1.37. The molecule has 3 nitrogen and oxygen atoms in total. The fourth-order valence-electron chi connectivity index (χ4n) is 3.88. The van der Waals surface area contributed by atoms with Gasteiger partial charge in [0, 0.05) is 27.9 Å². The number of aryl methyl sites for hydroxylation is 1. The molecule has 1 saturated carbocycles. The van der Waals surface area contributed by atoms with Gasteiger partial charge in [-0.2, -0.15) is 0 Å². The normalized spacial score (nSPS) is 18.1. The Kier molecular flexibility index (Phi) is 7.73. The first kappa shape index (κ1) is 20.4. The van der Waals surface area contributed by atoms with Crippen molar-refractivity contribution >= 4 is 28.5 Å². The van der Waals surface area contributed by atoms with E-state index in [1.54, 1.807) is 6.07 Å². The predicted octanol–water partition coefficient (Wildman–Crippen LogP) is 5.01. The summed E-state index contributed by atoms with van der Waals surface area (Å²) in [5.74, 6) is -0.0883. The Labute approximate surface area is 175 Å². The van der Waals surface area contributed by atoms with Gasteiger partial charge in [0.2, 0.25) is 0 Å². The number of nitrogens with one attached hydrogen (secondary N) is 2. The smallest absolute Gasteiger partial charge is 0.251 e. The third-order valence-electron chi connectivity index (χ3n) is 5.39. The highest BCUT2D eigenvalue weighted by Gasteiger charge is 2.20. The van der Waals surface area contributed by atoms with Crippen LogP contribution in [0.1, 0.15) is 56.9 Å². The first-order valence-corrected chi connectivity index (χ1v) is 11.1. The van der Waals surface area contributed by atoms with Crippen LogP contribution in [-0.4, -0.2) is 18.5 Å². The molecule has 1 fully saturated rings. The van der Waals surface area contributed by atoms with Crippen molar-refractivity contribution in [2.24, 2.45) is 0 Å². The molecule has 3 rings (SSSR count). The molecular formula is C22H28FIN2O. The summed E-state index contributed by atoms with van der Waals surface area (Å²) in [5.41, 5.74) is 2.56. The van der Waals surface area contributed by atoms with Crippen molar-refractivity contribution in [3.8, 4) is 0 Å². The zero-order chi connectivity index (χ0) is 19.1. The van der Waals surface area contributed by atoms with Crippen LogP contribution >= 0.6 is 22.6 Å². The standard InChI is InChI=1S/C22H28FIN2O/c23-21-14-18(24)11-10-16(21)6-5-7-17-15-25-13-12-20(17)22(27)26-19-8-3-1-2-4-9-19/h10-12,14-15,19,25H,1-9,13H2,(H,26,27). The van der Waals surface area contributed by atoms with Crippen LogP contribution in [-0.2, 0) is 11.2 Å². The summed E-state index contributed by atoms with van der Waals surface area (Å²) in [7, 11) is 0. The van der Waals surface area contributed by atoms with Crippen LogP contribution in [0.3, 0.4) is 0 Å². The Morgan fingerprint density at radius 1 is 1.19 bits per heavy atom. The first-order chi connectivity index (χ1) is 13.1. The van der Waals surface area contributed by atoms with Crippen molar-refractivity contribution in [1.82, 2.24) is 10.6 Å². The van der Waals surface area contributed by atoms with Crippen LogP contribution in [0.4, 0.5) is 4.39 Å². The highest BCUT2D eigenvalue weighted by molar-refractivity contribution is 14.1. The molecule has 1 aliphatic carbocycles. The molecule has 0 radical (unpaired) electrons. The Balaban J connectivity index is 1.54. The van der Waals surface area contributed by atoms with Gasteiger partial charge in [0.25, 0.3) is 5.91 Å². The highest BCUT2D eigenvalue weighted by Crippen LogP contribution is 2.23.